The summed E-state index contributed by atoms with van der Waals surface area (Å²) < 4.78 is 5.72. The average Bonchev–Trinajstić information content (AvgIpc) is 2.46. The van der Waals surface area contributed by atoms with Crippen molar-refractivity contribution in [1.29, 1.82) is 0 Å². The van der Waals surface area contributed by atoms with Gasteiger partial charge in [0, 0.05) is 13.1 Å². The molecule has 1 N–H and O–H groups in total. The molecule has 0 unspecified atom stereocenters. The summed E-state index contributed by atoms with van der Waals surface area (Å²) in [5.41, 5.74) is 2.37. The smallest absolute Gasteiger partial charge is 0.225 e. The van der Waals surface area contributed by atoms with Crippen LogP contribution in [0.5, 0.6) is 5.75 Å². The Hall–Kier alpha value is -1.55. The van der Waals surface area contributed by atoms with Gasteiger partial charge in [-0.15, -0.1) is 0 Å². The van der Waals surface area contributed by atoms with Crippen LogP contribution in [0.1, 0.15) is 30.4 Å². The molecule has 1 aromatic carbocycles. The van der Waals surface area contributed by atoms with Crippen molar-refractivity contribution in [2.24, 2.45) is 0 Å². The van der Waals surface area contributed by atoms with Crippen molar-refractivity contribution < 1.29 is 9.53 Å². The summed E-state index contributed by atoms with van der Waals surface area (Å²) in [6, 6.07) is 6.50. The number of piperidine rings is 1. The molecule has 0 atom stereocenters. The maximum absolute atomic E-state index is 12.2. The highest BCUT2D eigenvalue weighted by Gasteiger charge is 2.21. The van der Waals surface area contributed by atoms with Crippen LogP contribution in [0.3, 0.4) is 0 Å². The van der Waals surface area contributed by atoms with Gasteiger partial charge < -0.3 is 15.0 Å². The molecule has 1 amide bonds. The summed E-state index contributed by atoms with van der Waals surface area (Å²) in [6.07, 6.45) is 2.52. The number of rotatable bonds is 5. The van der Waals surface area contributed by atoms with E-state index in [4.69, 9.17) is 4.74 Å². The molecular formula is C17H26N2O2. The third kappa shape index (κ3) is 4.74. The van der Waals surface area contributed by atoms with Gasteiger partial charge in [0.05, 0.1) is 13.0 Å². The fourth-order valence-electron chi connectivity index (χ4n) is 2.85. The van der Waals surface area contributed by atoms with Crippen LogP contribution in [-0.2, 0) is 4.79 Å². The molecular weight excluding hydrogens is 264 g/mol. The monoisotopic (exact) mass is 290 g/mol. The van der Waals surface area contributed by atoms with Gasteiger partial charge in [-0.05, 0) is 63.0 Å². The molecule has 4 nitrogen and oxygen atoms in total. The fraction of sp³-hybridized carbons (Fsp3) is 0.588. The summed E-state index contributed by atoms with van der Waals surface area (Å²) in [6.45, 7) is 6.55. The van der Waals surface area contributed by atoms with Crippen LogP contribution in [0.25, 0.3) is 0 Å². The van der Waals surface area contributed by atoms with E-state index >= 15 is 0 Å². The van der Waals surface area contributed by atoms with Crippen LogP contribution in [-0.4, -0.2) is 43.6 Å². The van der Waals surface area contributed by atoms with E-state index in [1.165, 1.54) is 11.1 Å². The van der Waals surface area contributed by atoms with Gasteiger partial charge in [0.1, 0.15) is 5.75 Å². The van der Waals surface area contributed by atoms with Gasteiger partial charge in [-0.25, -0.2) is 0 Å². The number of carbonyl (C=O) groups is 1. The van der Waals surface area contributed by atoms with Gasteiger partial charge >= 0.3 is 0 Å². The largest absolute Gasteiger partial charge is 0.493 e. The Labute approximate surface area is 127 Å². The van der Waals surface area contributed by atoms with E-state index in [0.717, 1.165) is 31.7 Å². The van der Waals surface area contributed by atoms with Crippen molar-refractivity contribution in [3.05, 3.63) is 29.3 Å². The zero-order chi connectivity index (χ0) is 15.2. The first-order chi connectivity index (χ1) is 10.1. The molecule has 1 fully saturated rings. The van der Waals surface area contributed by atoms with Crippen LogP contribution in [0, 0.1) is 13.8 Å². The Morgan fingerprint density at radius 2 is 1.86 bits per heavy atom. The SMILES string of the molecule is Cc1cc(C)cc(OCCC(=O)N(C)C2CCNCC2)c1. The Balaban J connectivity index is 1.78. The van der Waals surface area contributed by atoms with Crippen LogP contribution in [0.15, 0.2) is 18.2 Å². The van der Waals surface area contributed by atoms with Gasteiger partial charge in [0.2, 0.25) is 5.91 Å². The molecule has 1 aliphatic rings. The minimum atomic E-state index is 0.172. The van der Waals surface area contributed by atoms with E-state index < -0.39 is 0 Å². The third-order valence-electron chi connectivity index (χ3n) is 4.03. The van der Waals surface area contributed by atoms with Crippen molar-refractivity contribution in [3.8, 4) is 5.75 Å². The number of ether oxygens (including phenoxy) is 1. The van der Waals surface area contributed by atoms with Gasteiger partial charge in [0.25, 0.3) is 0 Å². The third-order valence-corrected chi connectivity index (χ3v) is 4.03. The molecule has 4 heteroatoms. The molecule has 0 saturated carbocycles. The summed E-state index contributed by atoms with van der Waals surface area (Å²) in [4.78, 5) is 14.1. The van der Waals surface area contributed by atoms with Crippen molar-refractivity contribution in [2.75, 3.05) is 26.7 Å². The maximum Gasteiger partial charge on any atom is 0.225 e. The molecule has 1 saturated heterocycles. The van der Waals surface area contributed by atoms with Gasteiger partial charge in [-0.3, -0.25) is 4.79 Å². The van der Waals surface area contributed by atoms with Gasteiger partial charge in [-0.2, -0.15) is 0 Å². The van der Waals surface area contributed by atoms with Crippen molar-refractivity contribution in [2.45, 2.75) is 39.2 Å². The highest BCUT2D eigenvalue weighted by Crippen LogP contribution is 2.17. The average molecular weight is 290 g/mol. The number of benzene rings is 1. The van der Waals surface area contributed by atoms with E-state index in [9.17, 15) is 4.79 Å². The van der Waals surface area contributed by atoms with Crippen LogP contribution in [0.2, 0.25) is 0 Å². The van der Waals surface area contributed by atoms with Crippen molar-refractivity contribution in [1.82, 2.24) is 10.2 Å². The van der Waals surface area contributed by atoms with Gasteiger partial charge in [-0.1, -0.05) is 6.07 Å². The van der Waals surface area contributed by atoms with Crippen molar-refractivity contribution in [3.63, 3.8) is 0 Å². The molecule has 116 valence electrons. The first kappa shape index (κ1) is 15.8. The number of carbonyl (C=O) groups excluding carboxylic acids is 1. The lowest BCUT2D eigenvalue weighted by Gasteiger charge is -2.31. The second kappa shape index (κ2) is 7.46. The van der Waals surface area contributed by atoms with Gasteiger partial charge in [0.15, 0.2) is 0 Å². The lowest BCUT2D eigenvalue weighted by atomic mass is 10.1. The summed E-state index contributed by atoms with van der Waals surface area (Å²) >= 11 is 0. The summed E-state index contributed by atoms with van der Waals surface area (Å²) in [5.74, 6) is 1.02. The molecule has 1 aromatic rings. The Morgan fingerprint density at radius 3 is 2.48 bits per heavy atom. The maximum atomic E-state index is 12.2. The standard InChI is InChI=1S/C17H26N2O2/c1-13-10-14(2)12-16(11-13)21-9-6-17(20)19(3)15-4-7-18-8-5-15/h10-12,15,18H,4-9H2,1-3H3. The zero-order valence-corrected chi connectivity index (χ0v) is 13.3. The highest BCUT2D eigenvalue weighted by molar-refractivity contribution is 5.76. The topological polar surface area (TPSA) is 41.6 Å². The number of hydrogen-bond donors (Lipinski definition) is 1. The van der Waals surface area contributed by atoms with E-state index in [2.05, 4.69) is 25.2 Å². The normalized spacial score (nSPS) is 15.8. The van der Waals surface area contributed by atoms with Crippen molar-refractivity contribution >= 4 is 5.91 Å². The van der Waals surface area contributed by atoms with Crippen LogP contribution in [0.4, 0.5) is 0 Å². The second-order valence-electron chi connectivity index (χ2n) is 5.91. The molecule has 0 radical (unpaired) electrons. The van der Waals surface area contributed by atoms with E-state index in [0.29, 0.717) is 19.1 Å². The number of nitrogens with one attached hydrogen (secondary N) is 1. The number of aryl methyl sites for hydroxylation is 2. The van der Waals surface area contributed by atoms with E-state index in [1.54, 1.807) is 0 Å². The molecule has 1 heterocycles. The fourth-order valence-corrected chi connectivity index (χ4v) is 2.85. The summed E-state index contributed by atoms with van der Waals surface area (Å²) in [7, 11) is 1.91. The van der Waals surface area contributed by atoms with Crippen LogP contribution < -0.4 is 10.1 Å². The minimum absolute atomic E-state index is 0.172. The van der Waals surface area contributed by atoms with E-state index in [-0.39, 0.29) is 5.91 Å². The molecule has 21 heavy (non-hydrogen) atoms. The Morgan fingerprint density at radius 1 is 1.24 bits per heavy atom. The Kier molecular flexibility index (Phi) is 5.62. The molecule has 1 aliphatic heterocycles. The first-order valence-corrected chi connectivity index (χ1v) is 7.74. The predicted octanol–water partition coefficient (Wildman–Crippen LogP) is 2.28. The molecule has 0 aromatic heterocycles. The molecule has 0 bridgehead atoms. The first-order valence-electron chi connectivity index (χ1n) is 7.74. The number of amides is 1. The molecule has 0 aliphatic carbocycles. The lowest BCUT2D eigenvalue weighted by Crippen LogP contribution is -2.44. The lowest BCUT2D eigenvalue weighted by molar-refractivity contribution is -0.132. The quantitative estimate of drug-likeness (QED) is 0.904. The number of nitrogens with zero attached hydrogens (tertiary/aromatic N) is 1. The minimum Gasteiger partial charge on any atom is -0.493 e. The van der Waals surface area contributed by atoms with E-state index in [1.807, 2.05) is 24.1 Å². The molecule has 0 spiro atoms. The molecule has 2 rings (SSSR count). The summed E-state index contributed by atoms with van der Waals surface area (Å²) in [5, 5.41) is 3.32. The highest BCUT2D eigenvalue weighted by atomic mass is 16.5. The predicted molar refractivity (Wildman–Crippen MR) is 84.7 cm³/mol. The zero-order valence-electron chi connectivity index (χ0n) is 13.3. The van der Waals surface area contributed by atoms with Crippen LogP contribution >= 0.6 is 0 Å². The Bertz CT molecular complexity index is 461. The second-order valence-corrected chi connectivity index (χ2v) is 5.91. The number of hydrogen-bond acceptors (Lipinski definition) is 3.